The van der Waals surface area contributed by atoms with Crippen LogP contribution < -0.4 is 10.1 Å². The van der Waals surface area contributed by atoms with Gasteiger partial charge in [0.2, 0.25) is 11.1 Å². The van der Waals surface area contributed by atoms with Crippen molar-refractivity contribution in [3.63, 3.8) is 0 Å². The van der Waals surface area contributed by atoms with Crippen molar-refractivity contribution in [3.8, 4) is 5.75 Å². The first-order chi connectivity index (χ1) is 21.9. The number of rotatable bonds is 10. The van der Waals surface area contributed by atoms with Crippen molar-refractivity contribution in [3.05, 3.63) is 145 Å². The Morgan fingerprint density at radius 2 is 1.62 bits per heavy atom. The van der Waals surface area contributed by atoms with E-state index in [-0.39, 0.29) is 13.2 Å². The smallest absolute Gasteiger partial charge is 0.338 e. The van der Waals surface area contributed by atoms with E-state index in [0.717, 1.165) is 21.2 Å². The van der Waals surface area contributed by atoms with Gasteiger partial charge in [0.1, 0.15) is 25.0 Å². The van der Waals surface area contributed by atoms with Crippen molar-refractivity contribution < 1.29 is 14.3 Å². The SMILES string of the molecule is CC1=C(C(=O)OCc2ccccc2)C(c2cc(Br)ccc2OCc2ccccc2Cl)n2nc(SCc3ccccc3Cl)nc2N1. The number of carbonyl (C=O) groups is 1. The molecule has 6 rings (SSSR count). The molecule has 0 radical (unpaired) electrons. The molecule has 0 saturated carbocycles. The number of nitrogens with zero attached hydrogens (tertiary/aromatic N) is 3. The molecule has 7 nitrogen and oxygen atoms in total. The monoisotopic (exact) mass is 720 g/mol. The van der Waals surface area contributed by atoms with Crippen LogP contribution in [0.5, 0.6) is 5.75 Å². The Morgan fingerprint density at radius 1 is 0.933 bits per heavy atom. The van der Waals surface area contributed by atoms with E-state index in [2.05, 4.69) is 21.2 Å². The van der Waals surface area contributed by atoms with Crippen molar-refractivity contribution >= 4 is 62.8 Å². The Hall–Kier alpha value is -3.76. The molecule has 1 unspecified atom stereocenters. The van der Waals surface area contributed by atoms with E-state index in [9.17, 15) is 4.79 Å². The topological polar surface area (TPSA) is 78.3 Å². The third-order valence-electron chi connectivity index (χ3n) is 7.19. The van der Waals surface area contributed by atoms with Gasteiger partial charge in [-0.25, -0.2) is 9.48 Å². The molecule has 2 heterocycles. The van der Waals surface area contributed by atoms with Gasteiger partial charge in [-0.3, -0.25) is 0 Å². The zero-order valence-electron chi connectivity index (χ0n) is 24.0. The van der Waals surface area contributed by atoms with Gasteiger partial charge in [0.15, 0.2) is 0 Å². The molecule has 0 aliphatic carbocycles. The largest absolute Gasteiger partial charge is 0.488 e. The number of allylic oxidation sites excluding steroid dienone is 1. The summed E-state index contributed by atoms with van der Waals surface area (Å²) >= 11 is 17.9. The first kappa shape index (κ1) is 31.2. The summed E-state index contributed by atoms with van der Waals surface area (Å²) in [5.74, 6) is 1.17. The molecule has 4 aromatic carbocycles. The lowest BCUT2D eigenvalue weighted by Crippen LogP contribution is -2.30. The molecule has 1 aliphatic heterocycles. The van der Waals surface area contributed by atoms with Crippen LogP contribution in [0.3, 0.4) is 0 Å². The van der Waals surface area contributed by atoms with Crippen molar-refractivity contribution in [2.45, 2.75) is 37.1 Å². The Kier molecular flexibility index (Phi) is 9.80. The minimum Gasteiger partial charge on any atom is -0.488 e. The van der Waals surface area contributed by atoms with Gasteiger partial charge in [-0.2, -0.15) is 4.98 Å². The molecule has 11 heteroatoms. The van der Waals surface area contributed by atoms with Crippen LogP contribution in [0.25, 0.3) is 0 Å². The summed E-state index contributed by atoms with van der Waals surface area (Å²) in [5, 5.41) is 9.97. The Balaban J connectivity index is 1.37. The van der Waals surface area contributed by atoms with Crippen molar-refractivity contribution in [1.82, 2.24) is 14.8 Å². The summed E-state index contributed by atoms with van der Waals surface area (Å²) in [4.78, 5) is 18.6. The van der Waals surface area contributed by atoms with Gasteiger partial charge >= 0.3 is 5.97 Å². The molecule has 228 valence electrons. The molecule has 0 saturated heterocycles. The maximum Gasteiger partial charge on any atom is 0.338 e. The van der Waals surface area contributed by atoms with Crippen molar-refractivity contribution in [2.75, 3.05) is 5.32 Å². The fourth-order valence-corrected chi connectivity index (χ4v) is 6.62. The predicted molar refractivity (Wildman–Crippen MR) is 182 cm³/mol. The van der Waals surface area contributed by atoms with E-state index < -0.39 is 12.0 Å². The van der Waals surface area contributed by atoms with Crippen LogP contribution in [-0.2, 0) is 28.5 Å². The highest BCUT2D eigenvalue weighted by Crippen LogP contribution is 2.42. The first-order valence-electron chi connectivity index (χ1n) is 14.0. The molecule has 0 bridgehead atoms. The third-order valence-corrected chi connectivity index (χ3v) is 9.31. The molecular formula is C34H27BrCl2N4O3S. The van der Waals surface area contributed by atoms with Crippen LogP contribution in [0.15, 0.2) is 118 Å². The summed E-state index contributed by atoms with van der Waals surface area (Å²) < 4.78 is 14.7. The van der Waals surface area contributed by atoms with Gasteiger partial charge in [-0.15, -0.1) is 5.10 Å². The number of thioether (sulfide) groups is 1. The molecule has 1 aromatic heterocycles. The minimum atomic E-state index is -0.703. The van der Waals surface area contributed by atoms with Crippen molar-refractivity contribution in [1.29, 1.82) is 0 Å². The lowest BCUT2D eigenvalue weighted by Gasteiger charge is -2.29. The first-order valence-corrected chi connectivity index (χ1v) is 16.6. The van der Waals surface area contributed by atoms with Crippen LogP contribution in [-0.4, -0.2) is 20.7 Å². The number of carbonyl (C=O) groups excluding carboxylic acids is 1. The van der Waals surface area contributed by atoms with Gasteiger partial charge < -0.3 is 14.8 Å². The van der Waals surface area contributed by atoms with E-state index in [1.807, 2.05) is 104 Å². The van der Waals surface area contributed by atoms with E-state index in [0.29, 0.717) is 49.5 Å². The number of aromatic nitrogens is 3. The molecule has 1 atom stereocenters. The fraction of sp³-hybridized carbons (Fsp3) is 0.147. The molecule has 5 aromatic rings. The highest BCUT2D eigenvalue weighted by Gasteiger charge is 2.37. The number of nitrogens with one attached hydrogen (secondary N) is 1. The lowest BCUT2D eigenvalue weighted by atomic mass is 9.95. The summed E-state index contributed by atoms with van der Waals surface area (Å²) in [5.41, 5.74) is 4.41. The molecular weight excluding hydrogens is 695 g/mol. The highest BCUT2D eigenvalue weighted by atomic mass is 79.9. The van der Waals surface area contributed by atoms with Crippen LogP contribution in [0.4, 0.5) is 5.95 Å². The van der Waals surface area contributed by atoms with Crippen molar-refractivity contribution in [2.24, 2.45) is 0 Å². The molecule has 1 aliphatic rings. The minimum absolute atomic E-state index is 0.126. The van der Waals surface area contributed by atoms with Crippen LogP contribution in [0.1, 0.15) is 35.2 Å². The molecule has 45 heavy (non-hydrogen) atoms. The number of esters is 1. The van der Waals surface area contributed by atoms with Gasteiger partial charge in [0.25, 0.3) is 0 Å². The molecule has 0 fully saturated rings. The number of benzene rings is 4. The maximum absolute atomic E-state index is 13.9. The molecule has 0 spiro atoms. The van der Waals surface area contributed by atoms with E-state index >= 15 is 0 Å². The summed E-state index contributed by atoms with van der Waals surface area (Å²) in [6.45, 7) is 2.20. The van der Waals surface area contributed by atoms with E-state index in [1.165, 1.54) is 11.8 Å². The summed E-state index contributed by atoms with van der Waals surface area (Å²) in [7, 11) is 0. The van der Waals surface area contributed by atoms with Gasteiger partial charge in [-0.05, 0) is 48.4 Å². The van der Waals surface area contributed by atoms with Crippen LogP contribution in [0.2, 0.25) is 10.0 Å². The van der Waals surface area contributed by atoms with E-state index in [1.54, 1.807) is 4.68 Å². The second-order valence-electron chi connectivity index (χ2n) is 10.2. The van der Waals surface area contributed by atoms with Crippen LogP contribution >= 0.6 is 50.9 Å². The standard InChI is InChI=1S/C34H27BrCl2N4O3S/c1-21-30(32(42)44-18-22-9-3-2-4-10-22)31(26-17-25(35)15-16-29(26)43-19-23-11-5-7-13-27(23)36)41-33(38-21)39-34(40-41)45-20-24-12-6-8-14-28(24)37/h2-17,31H,18-20H2,1H3,(H,38,39,40). The Morgan fingerprint density at radius 3 is 2.36 bits per heavy atom. The molecule has 1 N–H and O–H groups in total. The quantitative estimate of drug-likeness (QED) is 0.114. The van der Waals surface area contributed by atoms with Gasteiger partial charge in [-0.1, -0.05) is 118 Å². The average molecular weight is 722 g/mol. The summed E-state index contributed by atoms with van der Waals surface area (Å²) in [6.07, 6.45) is 0. The average Bonchev–Trinajstić information content (AvgIpc) is 3.45. The second-order valence-corrected chi connectivity index (χ2v) is 12.9. The second kappa shape index (κ2) is 14.1. The fourth-order valence-electron chi connectivity index (χ4n) is 4.94. The highest BCUT2D eigenvalue weighted by molar-refractivity contribution is 9.10. The zero-order valence-corrected chi connectivity index (χ0v) is 28.0. The summed E-state index contributed by atoms with van der Waals surface area (Å²) in [6, 6.07) is 29.8. The van der Waals surface area contributed by atoms with Crippen LogP contribution in [0, 0.1) is 0 Å². The number of ether oxygens (including phenoxy) is 2. The normalized spacial score (nSPS) is 14.1. The van der Waals surface area contributed by atoms with Gasteiger partial charge in [0, 0.05) is 37.1 Å². The number of hydrogen-bond acceptors (Lipinski definition) is 7. The zero-order chi connectivity index (χ0) is 31.3. The maximum atomic E-state index is 13.9. The lowest BCUT2D eigenvalue weighted by molar-refractivity contribution is -0.140. The van der Waals surface area contributed by atoms with E-state index in [4.69, 9.17) is 42.8 Å². The Bertz CT molecular complexity index is 1880. The number of fused-ring (bicyclic) bond motifs is 1. The number of hydrogen-bond donors (Lipinski definition) is 1. The van der Waals surface area contributed by atoms with Gasteiger partial charge in [0.05, 0.1) is 5.57 Å². The predicted octanol–water partition coefficient (Wildman–Crippen LogP) is 9.25. The number of halogens is 3. The molecule has 0 amide bonds. The Labute approximate surface area is 283 Å². The third kappa shape index (κ3) is 7.23. The number of anilines is 1.